The second-order valence-electron chi connectivity index (χ2n) is 7.94. The molecule has 1 aromatic carbocycles. The van der Waals surface area contributed by atoms with Crippen LogP contribution < -0.4 is 10.2 Å². The molecule has 1 aliphatic heterocycles. The lowest BCUT2D eigenvalue weighted by molar-refractivity contribution is -0.121. The van der Waals surface area contributed by atoms with Crippen molar-refractivity contribution in [2.24, 2.45) is 5.92 Å². The molecule has 1 amide bonds. The van der Waals surface area contributed by atoms with E-state index in [2.05, 4.69) is 45.6 Å². The molecule has 0 unspecified atom stereocenters. The first-order chi connectivity index (χ1) is 13.7. The van der Waals surface area contributed by atoms with Crippen LogP contribution >= 0.6 is 11.8 Å². The molecule has 2 fully saturated rings. The molecule has 3 rings (SSSR count). The molecule has 0 spiro atoms. The van der Waals surface area contributed by atoms with Crippen LogP contribution in [0.15, 0.2) is 29.2 Å². The highest BCUT2D eigenvalue weighted by Crippen LogP contribution is 2.28. The molecule has 1 saturated carbocycles. The number of hydrogen-bond donors (Lipinski definition) is 1. The predicted octanol–water partition coefficient (Wildman–Crippen LogP) is 3.51. The second-order valence-corrected chi connectivity index (χ2v) is 8.82. The zero-order valence-corrected chi connectivity index (χ0v) is 17.7. The quantitative estimate of drug-likeness (QED) is 0.710. The van der Waals surface area contributed by atoms with Gasteiger partial charge in [0.25, 0.3) is 0 Å². The van der Waals surface area contributed by atoms with Gasteiger partial charge in [0.2, 0.25) is 5.91 Å². The lowest BCUT2D eigenvalue weighted by Gasteiger charge is -2.37. The predicted molar refractivity (Wildman–Crippen MR) is 116 cm³/mol. The third-order valence-electron chi connectivity index (χ3n) is 6.10. The summed E-state index contributed by atoms with van der Waals surface area (Å²) in [5.41, 5.74) is 1.35. The number of thioether (sulfide) groups is 1. The molecular formula is C22H32N4OS. The fourth-order valence-electron chi connectivity index (χ4n) is 4.35. The Labute approximate surface area is 173 Å². The molecule has 1 saturated heterocycles. The average Bonchev–Trinajstić information content (AvgIpc) is 2.74. The summed E-state index contributed by atoms with van der Waals surface area (Å²) < 4.78 is 0. The summed E-state index contributed by atoms with van der Waals surface area (Å²) in [6.07, 6.45) is 7.87. The molecule has 0 aromatic heterocycles. The molecular weight excluding hydrogens is 368 g/mol. The van der Waals surface area contributed by atoms with Crippen LogP contribution in [0, 0.1) is 17.2 Å². The lowest BCUT2D eigenvalue weighted by Crippen LogP contribution is -2.47. The van der Waals surface area contributed by atoms with Crippen molar-refractivity contribution in [1.29, 1.82) is 5.26 Å². The summed E-state index contributed by atoms with van der Waals surface area (Å²) in [5.74, 6) is 0.660. The number of anilines is 1. The highest BCUT2D eigenvalue weighted by Gasteiger charge is 2.24. The van der Waals surface area contributed by atoms with E-state index in [9.17, 15) is 4.79 Å². The van der Waals surface area contributed by atoms with Crippen molar-refractivity contribution < 1.29 is 4.79 Å². The van der Waals surface area contributed by atoms with Crippen LogP contribution in [-0.4, -0.2) is 55.8 Å². The summed E-state index contributed by atoms with van der Waals surface area (Å²) in [6, 6.07) is 11.1. The lowest BCUT2D eigenvalue weighted by atomic mass is 9.84. The van der Waals surface area contributed by atoms with Crippen molar-refractivity contribution in [3.63, 3.8) is 0 Å². The Hall–Kier alpha value is -1.71. The zero-order chi connectivity index (χ0) is 19.8. The summed E-state index contributed by atoms with van der Waals surface area (Å²) >= 11 is 1.80. The number of benzene rings is 1. The Kier molecular flexibility index (Phi) is 8.05. The van der Waals surface area contributed by atoms with Gasteiger partial charge in [0.05, 0.1) is 6.07 Å². The number of carbonyl (C=O) groups excluding carboxylic acids is 1. The fraction of sp³-hybridized carbons (Fsp3) is 0.636. The monoisotopic (exact) mass is 400 g/mol. The van der Waals surface area contributed by atoms with Crippen molar-refractivity contribution >= 4 is 23.4 Å². The van der Waals surface area contributed by atoms with Crippen molar-refractivity contribution in [3.8, 4) is 6.07 Å². The van der Waals surface area contributed by atoms with Crippen LogP contribution in [0.2, 0.25) is 0 Å². The van der Waals surface area contributed by atoms with Gasteiger partial charge in [-0.25, -0.2) is 0 Å². The van der Waals surface area contributed by atoms with Gasteiger partial charge in [0, 0.05) is 42.8 Å². The molecule has 0 atom stereocenters. The van der Waals surface area contributed by atoms with E-state index in [4.69, 9.17) is 5.26 Å². The Balaban J connectivity index is 1.34. The highest BCUT2D eigenvalue weighted by molar-refractivity contribution is 7.98. The van der Waals surface area contributed by atoms with Crippen LogP contribution in [0.5, 0.6) is 0 Å². The minimum Gasteiger partial charge on any atom is -0.369 e. The molecule has 1 aliphatic carbocycles. The molecule has 0 bridgehead atoms. The summed E-state index contributed by atoms with van der Waals surface area (Å²) in [7, 11) is 0. The van der Waals surface area contributed by atoms with Gasteiger partial charge in [-0.2, -0.15) is 5.26 Å². The van der Waals surface area contributed by atoms with Gasteiger partial charge in [-0.05, 0) is 69.0 Å². The van der Waals surface area contributed by atoms with Gasteiger partial charge >= 0.3 is 0 Å². The largest absolute Gasteiger partial charge is 0.369 e. The van der Waals surface area contributed by atoms with E-state index in [1.165, 1.54) is 36.4 Å². The molecule has 5 nitrogen and oxygen atoms in total. The molecule has 1 heterocycles. The summed E-state index contributed by atoms with van der Waals surface area (Å²) in [6.45, 7) is 5.69. The smallest absolute Gasteiger partial charge is 0.234 e. The minimum atomic E-state index is -0.119. The maximum Gasteiger partial charge on any atom is 0.234 e. The minimum absolute atomic E-state index is 0.0204. The van der Waals surface area contributed by atoms with Crippen molar-refractivity contribution in [1.82, 2.24) is 10.2 Å². The number of nitrogens with one attached hydrogen (secondary N) is 1. The molecule has 28 heavy (non-hydrogen) atoms. The number of amides is 1. The van der Waals surface area contributed by atoms with E-state index >= 15 is 0 Å². The van der Waals surface area contributed by atoms with E-state index in [-0.39, 0.29) is 18.4 Å². The van der Waals surface area contributed by atoms with E-state index in [1.807, 2.05) is 6.07 Å². The summed E-state index contributed by atoms with van der Waals surface area (Å²) in [4.78, 5) is 18.0. The van der Waals surface area contributed by atoms with Gasteiger partial charge in [0.1, 0.15) is 6.42 Å². The van der Waals surface area contributed by atoms with Crippen molar-refractivity contribution in [2.75, 3.05) is 43.9 Å². The highest BCUT2D eigenvalue weighted by atomic mass is 32.2. The topological polar surface area (TPSA) is 59.4 Å². The number of piperazine rings is 1. The number of carbonyl (C=O) groups is 1. The molecule has 2 aliphatic rings. The van der Waals surface area contributed by atoms with Crippen LogP contribution in [0.1, 0.15) is 38.5 Å². The third-order valence-corrected chi connectivity index (χ3v) is 6.82. The number of nitriles is 1. The molecule has 6 heteroatoms. The number of nitrogens with zero attached hydrogens (tertiary/aromatic N) is 3. The SMILES string of the molecule is CSc1cccc(N2CCN(CC[C@H]3CC[C@H](NC(=O)CC#N)CC3)CC2)c1. The average molecular weight is 401 g/mol. The van der Waals surface area contributed by atoms with E-state index in [0.29, 0.717) is 0 Å². The Morgan fingerprint density at radius 1 is 1.21 bits per heavy atom. The number of rotatable bonds is 7. The molecule has 1 aromatic rings. The molecule has 1 N–H and O–H groups in total. The Morgan fingerprint density at radius 3 is 2.64 bits per heavy atom. The maximum absolute atomic E-state index is 11.5. The fourth-order valence-corrected chi connectivity index (χ4v) is 4.80. The van der Waals surface area contributed by atoms with Gasteiger partial charge in [0.15, 0.2) is 0 Å². The standard InChI is InChI=1S/C22H32N4OS/c1-28-21-4-2-3-20(17-21)26-15-13-25(14-16-26)12-10-18-5-7-19(8-6-18)24-22(27)9-11-23/h2-4,17-19H,5-10,12-16H2,1H3,(H,24,27)/t18-,19-. The first-order valence-electron chi connectivity index (χ1n) is 10.5. The first-order valence-corrected chi connectivity index (χ1v) is 11.7. The van der Waals surface area contributed by atoms with Crippen LogP contribution in [-0.2, 0) is 4.79 Å². The van der Waals surface area contributed by atoms with E-state index in [0.717, 1.165) is 44.9 Å². The normalized spacial score (nSPS) is 23.2. The van der Waals surface area contributed by atoms with Crippen LogP contribution in [0.25, 0.3) is 0 Å². The first kappa shape index (κ1) is 21.0. The van der Waals surface area contributed by atoms with Crippen molar-refractivity contribution in [2.45, 2.75) is 49.5 Å². The van der Waals surface area contributed by atoms with E-state index in [1.54, 1.807) is 11.8 Å². The van der Waals surface area contributed by atoms with Gasteiger partial charge < -0.3 is 10.2 Å². The van der Waals surface area contributed by atoms with Crippen LogP contribution in [0.4, 0.5) is 5.69 Å². The molecule has 0 radical (unpaired) electrons. The number of hydrogen-bond acceptors (Lipinski definition) is 5. The maximum atomic E-state index is 11.5. The van der Waals surface area contributed by atoms with Gasteiger partial charge in [-0.1, -0.05) is 6.07 Å². The molecule has 152 valence electrons. The summed E-state index contributed by atoms with van der Waals surface area (Å²) in [5, 5.41) is 11.6. The second kappa shape index (κ2) is 10.7. The Bertz CT molecular complexity index is 673. The van der Waals surface area contributed by atoms with Gasteiger partial charge in [-0.3, -0.25) is 9.69 Å². The zero-order valence-electron chi connectivity index (χ0n) is 16.9. The van der Waals surface area contributed by atoms with Crippen molar-refractivity contribution in [3.05, 3.63) is 24.3 Å². The van der Waals surface area contributed by atoms with E-state index < -0.39 is 0 Å². The Morgan fingerprint density at radius 2 is 1.96 bits per heavy atom. The third kappa shape index (κ3) is 6.15. The van der Waals surface area contributed by atoms with Gasteiger partial charge in [-0.15, -0.1) is 11.8 Å². The van der Waals surface area contributed by atoms with Crippen LogP contribution in [0.3, 0.4) is 0 Å².